The van der Waals surface area contributed by atoms with Crippen LogP contribution >= 0.6 is 0 Å². The number of hydrogen-bond acceptors (Lipinski definition) is 5. The highest BCUT2D eigenvalue weighted by atomic mass is 16.6. The third kappa shape index (κ3) is 3.21. The molecule has 0 bridgehead atoms. The molecule has 0 N–H and O–H groups in total. The number of carbonyl (C=O) groups excluding carboxylic acids is 1. The molecule has 3 heterocycles. The summed E-state index contributed by atoms with van der Waals surface area (Å²) >= 11 is 0. The molecule has 2 saturated heterocycles. The second-order valence-electron chi connectivity index (χ2n) is 6.52. The molecule has 4 rings (SSSR count). The quantitative estimate of drug-likeness (QED) is 0.839. The summed E-state index contributed by atoms with van der Waals surface area (Å²) in [5, 5.41) is 0. The lowest BCUT2D eigenvalue weighted by Gasteiger charge is -2.31. The van der Waals surface area contributed by atoms with Gasteiger partial charge >= 0.3 is 0 Å². The van der Waals surface area contributed by atoms with Crippen molar-refractivity contribution in [3.63, 3.8) is 0 Å². The number of carbonyl (C=O) groups is 1. The van der Waals surface area contributed by atoms with Gasteiger partial charge in [-0.1, -0.05) is 6.07 Å². The Balaban J connectivity index is 1.45. The van der Waals surface area contributed by atoms with Crippen molar-refractivity contribution in [2.75, 3.05) is 52.6 Å². The topological polar surface area (TPSA) is 51.2 Å². The van der Waals surface area contributed by atoms with Crippen molar-refractivity contribution in [2.24, 2.45) is 0 Å². The fourth-order valence-electron chi connectivity index (χ4n) is 3.75. The zero-order chi connectivity index (χ0) is 16.4. The predicted molar refractivity (Wildman–Crippen MR) is 88.4 cm³/mol. The molecule has 1 atom stereocenters. The number of likely N-dealkylation sites (tertiary alicyclic amines) is 1. The smallest absolute Gasteiger partial charge is 0.236 e. The van der Waals surface area contributed by atoms with E-state index in [2.05, 4.69) is 17.0 Å². The van der Waals surface area contributed by atoms with Crippen LogP contribution in [-0.4, -0.2) is 68.3 Å². The first kappa shape index (κ1) is 15.7. The Morgan fingerprint density at radius 3 is 2.67 bits per heavy atom. The number of ether oxygens (including phenoxy) is 3. The SMILES string of the molecule is O=C(CN1CCC[C@H]1c1ccc2c(c1)OCCO2)N1CCOCC1. The Morgan fingerprint density at radius 2 is 1.83 bits per heavy atom. The molecule has 6 nitrogen and oxygen atoms in total. The Hall–Kier alpha value is -1.79. The van der Waals surface area contributed by atoms with E-state index in [1.807, 2.05) is 11.0 Å². The first-order chi connectivity index (χ1) is 11.8. The van der Waals surface area contributed by atoms with Crippen LogP contribution < -0.4 is 9.47 Å². The van der Waals surface area contributed by atoms with E-state index in [-0.39, 0.29) is 11.9 Å². The molecular weight excluding hydrogens is 308 g/mol. The zero-order valence-corrected chi connectivity index (χ0v) is 13.9. The van der Waals surface area contributed by atoms with Gasteiger partial charge in [-0.25, -0.2) is 0 Å². The van der Waals surface area contributed by atoms with Gasteiger partial charge < -0.3 is 19.1 Å². The molecule has 1 aromatic rings. The van der Waals surface area contributed by atoms with Crippen molar-refractivity contribution in [1.82, 2.24) is 9.80 Å². The first-order valence-electron chi connectivity index (χ1n) is 8.80. The van der Waals surface area contributed by atoms with Gasteiger partial charge in [-0.05, 0) is 37.1 Å². The van der Waals surface area contributed by atoms with E-state index in [1.54, 1.807) is 0 Å². The van der Waals surface area contributed by atoms with Crippen molar-refractivity contribution in [3.8, 4) is 11.5 Å². The predicted octanol–water partition coefficient (Wildman–Crippen LogP) is 1.45. The van der Waals surface area contributed by atoms with Gasteiger partial charge in [0.15, 0.2) is 11.5 Å². The molecule has 0 aliphatic carbocycles. The maximum Gasteiger partial charge on any atom is 0.236 e. The lowest BCUT2D eigenvalue weighted by Crippen LogP contribution is -2.45. The number of morpholine rings is 1. The maximum absolute atomic E-state index is 12.5. The van der Waals surface area contributed by atoms with Gasteiger partial charge in [0, 0.05) is 19.1 Å². The molecule has 0 radical (unpaired) electrons. The van der Waals surface area contributed by atoms with E-state index >= 15 is 0 Å². The van der Waals surface area contributed by atoms with E-state index in [0.717, 1.165) is 30.9 Å². The van der Waals surface area contributed by atoms with Crippen LogP contribution in [0.1, 0.15) is 24.4 Å². The van der Waals surface area contributed by atoms with Crippen LogP contribution in [0.25, 0.3) is 0 Å². The van der Waals surface area contributed by atoms with Crippen LogP contribution in [0, 0.1) is 0 Å². The molecular formula is C18H24N2O4. The van der Waals surface area contributed by atoms with Gasteiger partial charge in [0.2, 0.25) is 5.91 Å². The molecule has 24 heavy (non-hydrogen) atoms. The first-order valence-corrected chi connectivity index (χ1v) is 8.80. The van der Waals surface area contributed by atoms with Gasteiger partial charge in [0.1, 0.15) is 13.2 Å². The van der Waals surface area contributed by atoms with Gasteiger partial charge in [-0.15, -0.1) is 0 Å². The largest absolute Gasteiger partial charge is 0.486 e. The fourth-order valence-corrected chi connectivity index (χ4v) is 3.75. The number of hydrogen-bond donors (Lipinski definition) is 0. The molecule has 0 saturated carbocycles. The summed E-state index contributed by atoms with van der Waals surface area (Å²) < 4.78 is 16.6. The molecule has 3 aliphatic heterocycles. The lowest BCUT2D eigenvalue weighted by atomic mass is 10.0. The van der Waals surface area contributed by atoms with Crippen LogP contribution in [-0.2, 0) is 9.53 Å². The number of rotatable bonds is 3. The fraction of sp³-hybridized carbons (Fsp3) is 0.611. The number of amides is 1. The van der Waals surface area contributed by atoms with E-state index in [9.17, 15) is 4.79 Å². The molecule has 0 unspecified atom stereocenters. The maximum atomic E-state index is 12.5. The van der Waals surface area contributed by atoms with Crippen LogP contribution in [0.4, 0.5) is 0 Å². The number of fused-ring (bicyclic) bond motifs is 1. The van der Waals surface area contributed by atoms with Gasteiger partial charge in [-0.3, -0.25) is 9.69 Å². The third-order valence-corrected chi connectivity index (χ3v) is 5.02. The summed E-state index contributed by atoms with van der Waals surface area (Å²) in [5.41, 5.74) is 1.21. The Kier molecular flexibility index (Phi) is 4.58. The molecule has 6 heteroatoms. The van der Waals surface area contributed by atoms with Crippen molar-refractivity contribution in [3.05, 3.63) is 23.8 Å². The van der Waals surface area contributed by atoms with Crippen LogP contribution in [0.2, 0.25) is 0 Å². The van der Waals surface area contributed by atoms with Crippen molar-refractivity contribution < 1.29 is 19.0 Å². The highest BCUT2D eigenvalue weighted by Gasteiger charge is 2.30. The summed E-state index contributed by atoms with van der Waals surface area (Å²) in [5.74, 6) is 1.85. The second kappa shape index (κ2) is 6.99. The van der Waals surface area contributed by atoms with Crippen LogP contribution in [0.5, 0.6) is 11.5 Å². The monoisotopic (exact) mass is 332 g/mol. The summed E-state index contributed by atoms with van der Waals surface area (Å²) in [6.07, 6.45) is 2.20. The highest BCUT2D eigenvalue weighted by Crippen LogP contribution is 2.37. The third-order valence-electron chi connectivity index (χ3n) is 5.02. The average Bonchev–Trinajstić information content (AvgIpc) is 3.10. The van der Waals surface area contributed by atoms with Crippen molar-refractivity contribution in [1.29, 1.82) is 0 Å². The van der Waals surface area contributed by atoms with Crippen molar-refractivity contribution >= 4 is 5.91 Å². The van der Waals surface area contributed by atoms with Gasteiger partial charge in [0.05, 0.1) is 19.8 Å². The molecule has 1 amide bonds. The molecule has 0 aromatic heterocycles. The summed E-state index contributed by atoms with van der Waals surface area (Å²) in [6.45, 7) is 5.38. The minimum atomic E-state index is 0.211. The minimum Gasteiger partial charge on any atom is -0.486 e. The van der Waals surface area contributed by atoms with Gasteiger partial charge in [0.25, 0.3) is 0 Å². The van der Waals surface area contributed by atoms with E-state index in [0.29, 0.717) is 46.1 Å². The Labute approximate surface area is 142 Å². The summed E-state index contributed by atoms with van der Waals surface area (Å²) in [4.78, 5) is 16.8. The van der Waals surface area contributed by atoms with Crippen LogP contribution in [0.15, 0.2) is 18.2 Å². The molecule has 0 spiro atoms. The van der Waals surface area contributed by atoms with E-state index in [4.69, 9.17) is 14.2 Å². The van der Waals surface area contributed by atoms with E-state index in [1.165, 1.54) is 5.56 Å². The van der Waals surface area contributed by atoms with Gasteiger partial charge in [-0.2, -0.15) is 0 Å². The number of benzene rings is 1. The molecule has 130 valence electrons. The molecule has 1 aromatic carbocycles. The lowest BCUT2D eigenvalue weighted by molar-refractivity contribution is -0.136. The molecule has 3 aliphatic rings. The Bertz CT molecular complexity index is 601. The standard InChI is InChI=1S/C18H24N2O4/c21-18(19-6-8-22-9-7-19)13-20-5-1-2-15(20)14-3-4-16-17(12-14)24-11-10-23-16/h3-4,12,15H,1-2,5-11,13H2/t15-/m0/s1. The zero-order valence-electron chi connectivity index (χ0n) is 13.9. The molecule has 2 fully saturated rings. The summed E-state index contributed by atoms with van der Waals surface area (Å²) in [7, 11) is 0. The normalized spacial score (nSPS) is 24.2. The average molecular weight is 332 g/mol. The summed E-state index contributed by atoms with van der Waals surface area (Å²) in [6, 6.07) is 6.46. The Morgan fingerprint density at radius 1 is 1.04 bits per heavy atom. The second-order valence-corrected chi connectivity index (χ2v) is 6.52. The highest BCUT2D eigenvalue weighted by molar-refractivity contribution is 5.78. The minimum absolute atomic E-state index is 0.211. The van der Waals surface area contributed by atoms with Crippen LogP contribution in [0.3, 0.4) is 0 Å². The van der Waals surface area contributed by atoms with E-state index < -0.39 is 0 Å². The van der Waals surface area contributed by atoms with Crippen molar-refractivity contribution in [2.45, 2.75) is 18.9 Å². The number of nitrogens with zero attached hydrogens (tertiary/aromatic N) is 2.